The molecule has 0 aromatic heterocycles. The maximum absolute atomic E-state index is 7.22. The average Bonchev–Trinajstić information content (AvgIpc) is 1.89. The van der Waals surface area contributed by atoms with Crippen LogP contribution in [0.2, 0.25) is 0 Å². The fraction of sp³-hybridized carbons (Fsp3) is 0.250. The van der Waals surface area contributed by atoms with Crippen molar-refractivity contribution in [1.82, 2.24) is 0 Å². The smallest absolute Gasteiger partial charge is 0.101 e. The molecule has 0 heterocycles. The van der Waals surface area contributed by atoms with Gasteiger partial charge in [-0.1, -0.05) is 24.3 Å². The lowest BCUT2D eigenvalue weighted by Crippen LogP contribution is -2.32. The Morgan fingerprint density at radius 2 is 2.30 bits per heavy atom. The van der Waals surface area contributed by atoms with Gasteiger partial charge in [-0.15, -0.1) is 0 Å². The first-order valence-electron chi connectivity index (χ1n) is 3.19. The molecule has 1 aliphatic carbocycles. The van der Waals surface area contributed by atoms with Crippen molar-refractivity contribution in [2.45, 2.75) is 6.42 Å². The van der Waals surface area contributed by atoms with E-state index in [2.05, 4.69) is 6.92 Å². The van der Waals surface area contributed by atoms with E-state index < -0.39 is 5.41 Å². The third-order valence-corrected chi connectivity index (χ3v) is 1.68. The molecule has 1 atom stereocenters. The molecule has 2 heteroatoms. The van der Waals surface area contributed by atoms with E-state index in [9.17, 15) is 0 Å². The van der Waals surface area contributed by atoms with E-state index in [1.54, 1.807) is 0 Å². The van der Waals surface area contributed by atoms with Gasteiger partial charge in [0, 0.05) is 5.41 Å². The van der Waals surface area contributed by atoms with Gasteiger partial charge in [0.1, 0.15) is 5.84 Å². The molecule has 1 radical (unpaired) electrons. The van der Waals surface area contributed by atoms with Crippen molar-refractivity contribution < 1.29 is 0 Å². The monoisotopic (exact) mass is 135 g/mol. The minimum absolute atomic E-state index is 0.133. The second-order valence-electron chi connectivity index (χ2n) is 2.56. The van der Waals surface area contributed by atoms with Crippen molar-refractivity contribution in [3.05, 3.63) is 31.2 Å². The predicted molar refractivity (Wildman–Crippen MR) is 42.6 cm³/mol. The van der Waals surface area contributed by atoms with Crippen LogP contribution in [-0.4, -0.2) is 5.84 Å². The molecule has 2 nitrogen and oxygen atoms in total. The van der Waals surface area contributed by atoms with E-state index in [4.69, 9.17) is 11.1 Å². The highest BCUT2D eigenvalue weighted by Crippen LogP contribution is 2.25. The van der Waals surface area contributed by atoms with Gasteiger partial charge in [0.2, 0.25) is 0 Å². The summed E-state index contributed by atoms with van der Waals surface area (Å²) < 4.78 is 0. The molecule has 10 heavy (non-hydrogen) atoms. The number of hydrogen-bond donors (Lipinski definition) is 2. The van der Waals surface area contributed by atoms with Crippen LogP contribution in [0.5, 0.6) is 0 Å². The van der Waals surface area contributed by atoms with Crippen molar-refractivity contribution >= 4 is 5.84 Å². The topological polar surface area (TPSA) is 49.9 Å². The predicted octanol–water partition coefficient (Wildman–Crippen LogP) is 1.26. The van der Waals surface area contributed by atoms with Crippen LogP contribution in [0.25, 0.3) is 0 Å². The van der Waals surface area contributed by atoms with Crippen molar-refractivity contribution in [2.24, 2.45) is 11.1 Å². The Kier molecular flexibility index (Phi) is 1.62. The maximum Gasteiger partial charge on any atom is 0.101 e. The minimum Gasteiger partial charge on any atom is -0.387 e. The third-order valence-electron chi connectivity index (χ3n) is 1.68. The van der Waals surface area contributed by atoms with Crippen LogP contribution in [0.1, 0.15) is 6.42 Å². The van der Waals surface area contributed by atoms with Gasteiger partial charge in [-0.25, -0.2) is 0 Å². The number of rotatable bonds is 1. The normalized spacial score (nSPS) is 30.5. The molecule has 3 N–H and O–H groups in total. The third kappa shape index (κ3) is 1.10. The molecule has 0 aliphatic heterocycles. The van der Waals surface area contributed by atoms with Gasteiger partial charge in [-0.05, 0) is 13.3 Å². The van der Waals surface area contributed by atoms with Crippen molar-refractivity contribution in [1.29, 1.82) is 5.41 Å². The summed E-state index contributed by atoms with van der Waals surface area (Å²) >= 11 is 0. The van der Waals surface area contributed by atoms with Gasteiger partial charge in [0.25, 0.3) is 0 Å². The first-order valence-corrected chi connectivity index (χ1v) is 3.19. The zero-order valence-electron chi connectivity index (χ0n) is 5.80. The second-order valence-corrected chi connectivity index (χ2v) is 2.56. The molecule has 0 saturated heterocycles. The van der Waals surface area contributed by atoms with Gasteiger partial charge >= 0.3 is 0 Å². The van der Waals surface area contributed by atoms with Gasteiger partial charge in [0.05, 0.1) is 0 Å². The van der Waals surface area contributed by atoms with Crippen molar-refractivity contribution in [3.8, 4) is 0 Å². The van der Waals surface area contributed by atoms with Crippen LogP contribution in [-0.2, 0) is 0 Å². The zero-order chi connectivity index (χ0) is 7.61. The molecule has 0 bridgehead atoms. The summed E-state index contributed by atoms with van der Waals surface area (Å²) in [7, 11) is 0. The number of amidine groups is 1. The molecule has 1 unspecified atom stereocenters. The number of nitrogens with two attached hydrogens (primary N) is 1. The molecule has 0 fully saturated rings. The summed E-state index contributed by atoms with van der Waals surface area (Å²) in [6, 6.07) is 0. The largest absolute Gasteiger partial charge is 0.387 e. The first-order chi connectivity index (χ1) is 4.65. The summed E-state index contributed by atoms with van der Waals surface area (Å²) in [6.07, 6.45) is 8.37. The Bertz CT molecular complexity index is 203. The summed E-state index contributed by atoms with van der Waals surface area (Å²) in [4.78, 5) is 0. The van der Waals surface area contributed by atoms with Crippen LogP contribution in [0.15, 0.2) is 24.3 Å². The summed E-state index contributed by atoms with van der Waals surface area (Å²) in [5.41, 5.74) is 4.86. The lowest BCUT2D eigenvalue weighted by molar-refractivity contribution is 0.664. The number of allylic oxidation sites excluding steroid dienone is 3. The van der Waals surface area contributed by atoms with Crippen LogP contribution in [0, 0.1) is 17.7 Å². The lowest BCUT2D eigenvalue weighted by Gasteiger charge is -2.23. The van der Waals surface area contributed by atoms with Gasteiger partial charge in [-0.2, -0.15) is 0 Å². The number of hydrogen-bond acceptors (Lipinski definition) is 1. The van der Waals surface area contributed by atoms with Crippen molar-refractivity contribution in [2.75, 3.05) is 0 Å². The van der Waals surface area contributed by atoms with E-state index in [-0.39, 0.29) is 5.84 Å². The maximum atomic E-state index is 7.22. The highest BCUT2D eigenvalue weighted by atomic mass is 14.7. The Morgan fingerprint density at radius 1 is 1.60 bits per heavy atom. The second kappa shape index (κ2) is 2.29. The summed E-state index contributed by atoms with van der Waals surface area (Å²) in [5, 5.41) is 7.22. The lowest BCUT2D eigenvalue weighted by atomic mass is 9.83. The SMILES string of the molecule is [CH2]C1(C(=N)N)C=CC=CC1. The van der Waals surface area contributed by atoms with Gasteiger partial charge in [0.15, 0.2) is 0 Å². The summed E-state index contributed by atoms with van der Waals surface area (Å²) in [6.45, 7) is 3.84. The standard InChI is InChI=1S/C8H11N2/c1-8(7(9)10)5-3-2-4-6-8/h2-5H,1,6H2,(H3,9,10). The fourth-order valence-corrected chi connectivity index (χ4v) is 0.864. The Morgan fingerprint density at radius 3 is 2.60 bits per heavy atom. The Labute approximate surface area is 60.9 Å². The van der Waals surface area contributed by atoms with Crippen LogP contribution in [0.3, 0.4) is 0 Å². The van der Waals surface area contributed by atoms with E-state index >= 15 is 0 Å². The number of nitrogens with one attached hydrogen (secondary N) is 1. The average molecular weight is 135 g/mol. The van der Waals surface area contributed by atoms with E-state index in [1.165, 1.54) is 0 Å². The summed E-state index contributed by atoms with van der Waals surface area (Å²) in [5.74, 6) is 0.133. The quantitative estimate of drug-likeness (QED) is 0.412. The van der Waals surface area contributed by atoms with Crippen LogP contribution in [0.4, 0.5) is 0 Å². The van der Waals surface area contributed by atoms with E-state index in [1.807, 2.05) is 24.3 Å². The van der Waals surface area contributed by atoms with Crippen LogP contribution < -0.4 is 5.73 Å². The molecule has 0 aromatic rings. The Hall–Kier alpha value is -1.05. The molecule has 1 rings (SSSR count). The van der Waals surface area contributed by atoms with E-state index in [0.717, 1.165) is 6.42 Å². The highest BCUT2D eigenvalue weighted by molar-refractivity contribution is 5.86. The van der Waals surface area contributed by atoms with E-state index in [0.29, 0.717) is 0 Å². The zero-order valence-corrected chi connectivity index (χ0v) is 5.80. The molecule has 1 aliphatic rings. The van der Waals surface area contributed by atoms with Gasteiger partial charge in [-0.3, -0.25) is 5.41 Å². The minimum atomic E-state index is -0.477. The molecular formula is C8H11N2. The molecular weight excluding hydrogens is 124 g/mol. The first kappa shape index (κ1) is 7.06. The van der Waals surface area contributed by atoms with Gasteiger partial charge < -0.3 is 5.73 Å². The highest BCUT2D eigenvalue weighted by Gasteiger charge is 2.23. The Balaban J connectivity index is 2.80. The molecule has 0 amide bonds. The molecule has 0 saturated carbocycles. The molecule has 53 valence electrons. The van der Waals surface area contributed by atoms with Crippen LogP contribution >= 0.6 is 0 Å². The molecule has 0 aromatic carbocycles. The fourth-order valence-electron chi connectivity index (χ4n) is 0.864. The molecule has 0 spiro atoms. The van der Waals surface area contributed by atoms with Crippen molar-refractivity contribution in [3.63, 3.8) is 0 Å².